The summed E-state index contributed by atoms with van der Waals surface area (Å²) in [5, 5.41) is 13.6. The second-order valence-corrected chi connectivity index (χ2v) is 5.35. The Morgan fingerprint density at radius 2 is 2.14 bits per heavy atom. The maximum atomic E-state index is 6.09. The number of nitrogens with two attached hydrogens (primary N) is 1. The fraction of sp³-hybridized carbons (Fsp3) is 0.188. The molecule has 0 amide bonds. The predicted octanol–water partition coefficient (Wildman–Crippen LogP) is 2.97. The Balaban J connectivity index is 1.96. The lowest BCUT2D eigenvalue weighted by molar-refractivity contribution is 0.609. The monoisotopic (exact) mass is 292 g/mol. The number of hydrogen-bond acceptors (Lipinski definition) is 4. The zero-order chi connectivity index (χ0) is 15.1. The van der Waals surface area contributed by atoms with Crippen molar-refractivity contribution < 1.29 is 0 Å². The Hall–Kier alpha value is -2.89. The number of anilines is 1. The van der Waals surface area contributed by atoms with Gasteiger partial charge in [-0.2, -0.15) is 10.2 Å². The normalized spacial score (nSPS) is 11.5. The topological polar surface area (TPSA) is 85.4 Å². The second kappa shape index (κ2) is 4.84. The van der Waals surface area contributed by atoms with Crippen molar-refractivity contribution in [3.05, 3.63) is 36.7 Å². The van der Waals surface area contributed by atoms with E-state index < -0.39 is 0 Å². The predicted molar refractivity (Wildman–Crippen MR) is 87.3 cm³/mol. The van der Waals surface area contributed by atoms with E-state index in [2.05, 4.69) is 45.5 Å². The number of rotatable bonds is 3. The fourth-order valence-electron chi connectivity index (χ4n) is 2.77. The molecule has 0 aliphatic heterocycles. The van der Waals surface area contributed by atoms with Crippen LogP contribution in [0.3, 0.4) is 0 Å². The summed E-state index contributed by atoms with van der Waals surface area (Å²) in [4.78, 5) is 4.52. The van der Waals surface area contributed by atoms with Gasteiger partial charge in [0.15, 0.2) is 5.82 Å². The van der Waals surface area contributed by atoms with Crippen LogP contribution in [0.2, 0.25) is 0 Å². The molecule has 0 aliphatic carbocycles. The Bertz CT molecular complexity index is 952. The van der Waals surface area contributed by atoms with Crippen LogP contribution in [0.5, 0.6) is 0 Å². The van der Waals surface area contributed by atoms with Crippen LogP contribution in [-0.4, -0.2) is 25.0 Å². The fourth-order valence-corrected chi connectivity index (χ4v) is 2.77. The molecule has 22 heavy (non-hydrogen) atoms. The molecule has 0 radical (unpaired) electrons. The smallest absolute Gasteiger partial charge is 0.152 e. The first-order valence-corrected chi connectivity index (χ1v) is 7.32. The molecule has 110 valence electrons. The van der Waals surface area contributed by atoms with Crippen molar-refractivity contribution in [3.63, 3.8) is 0 Å². The summed E-state index contributed by atoms with van der Waals surface area (Å²) in [6.07, 6.45) is 4.82. The van der Waals surface area contributed by atoms with Gasteiger partial charge in [0.05, 0.1) is 11.2 Å². The minimum atomic E-state index is 0.471. The number of nitrogen functional groups attached to an aromatic ring is 1. The third kappa shape index (κ3) is 1.92. The molecule has 6 nitrogen and oxygen atoms in total. The first-order chi connectivity index (χ1) is 10.8. The number of nitrogens with zero attached hydrogens (tertiary/aromatic N) is 4. The molecule has 0 atom stereocenters. The molecule has 3 N–H and O–H groups in total. The highest BCUT2D eigenvalue weighted by molar-refractivity contribution is 6.08. The Labute approximate surface area is 127 Å². The molecular weight excluding hydrogens is 276 g/mol. The summed E-state index contributed by atoms with van der Waals surface area (Å²) in [5.74, 6) is 0.471. The van der Waals surface area contributed by atoms with E-state index in [1.807, 2.05) is 16.8 Å². The van der Waals surface area contributed by atoms with E-state index in [9.17, 15) is 0 Å². The second-order valence-electron chi connectivity index (χ2n) is 5.35. The van der Waals surface area contributed by atoms with Crippen LogP contribution in [0.1, 0.15) is 13.3 Å². The molecule has 0 saturated heterocycles. The summed E-state index contributed by atoms with van der Waals surface area (Å²) in [7, 11) is 0. The minimum Gasteiger partial charge on any atom is -0.382 e. The van der Waals surface area contributed by atoms with Crippen LogP contribution in [0.4, 0.5) is 5.82 Å². The van der Waals surface area contributed by atoms with Crippen molar-refractivity contribution in [2.75, 3.05) is 5.73 Å². The van der Waals surface area contributed by atoms with Gasteiger partial charge in [-0.1, -0.05) is 19.1 Å². The summed E-state index contributed by atoms with van der Waals surface area (Å²) in [6, 6.07) is 8.08. The van der Waals surface area contributed by atoms with E-state index in [1.165, 1.54) is 0 Å². The van der Waals surface area contributed by atoms with Crippen molar-refractivity contribution in [2.24, 2.45) is 0 Å². The average Bonchev–Trinajstić information content (AvgIpc) is 3.17. The van der Waals surface area contributed by atoms with E-state index in [-0.39, 0.29) is 0 Å². The number of H-pyrrole nitrogens is 1. The van der Waals surface area contributed by atoms with Crippen molar-refractivity contribution in [3.8, 4) is 11.3 Å². The number of hydrogen-bond donors (Lipinski definition) is 2. The number of benzene rings is 1. The highest BCUT2D eigenvalue weighted by Gasteiger charge is 2.11. The molecule has 0 saturated carbocycles. The van der Waals surface area contributed by atoms with Gasteiger partial charge in [0.1, 0.15) is 5.52 Å². The van der Waals surface area contributed by atoms with Gasteiger partial charge in [0, 0.05) is 35.3 Å². The van der Waals surface area contributed by atoms with E-state index in [0.717, 1.165) is 46.0 Å². The summed E-state index contributed by atoms with van der Waals surface area (Å²) in [5.41, 5.74) is 9.74. The Morgan fingerprint density at radius 3 is 2.91 bits per heavy atom. The molecule has 3 heterocycles. The van der Waals surface area contributed by atoms with Crippen LogP contribution in [0, 0.1) is 0 Å². The summed E-state index contributed by atoms with van der Waals surface area (Å²) < 4.78 is 1.94. The lowest BCUT2D eigenvalue weighted by atomic mass is 10.1. The van der Waals surface area contributed by atoms with Crippen molar-refractivity contribution in [1.82, 2.24) is 25.0 Å². The molecule has 1 aromatic carbocycles. The number of fused-ring (bicyclic) bond motifs is 3. The molecule has 0 bridgehead atoms. The first kappa shape index (κ1) is 12.8. The highest BCUT2D eigenvalue weighted by atomic mass is 15.3. The quantitative estimate of drug-likeness (QED) is 0.608. The molecule has 6 heteroatoms. The zero-order valence-electron chi connectivity index (χ0n) is 12.2. The third-order valence-corrected chi connectivity index (χ3v) is 3.80. The van der Waals surface area contributed by atoms with E-state index in [0.29, 0.717) is 5.82 Å². The van der Waals surface area contributed by atoms with Gasteiger partial charge in [-0.05, 0) is 18.6 Å². The zero-order valence-corrected chi connectivity index (χ0v) is 12.2. The molecule has 0 unspecified atom stereocenters. The number of aromatic nitrogens is 5. The van der Waals surface area contributed by atoms with Crippen LogP contribution >= 0.6 is 0 Å². The molecular formula is C16H16N6. The minimum absolute atomic E-state index is 0.471. The molecule has 4 rings (SSSR count). The first-order valence-electron chi connectivity index (χ1n) is 7.32. The van der Waals surface area contributed by atoms with E-state index >= 15 is 0 Å². The van der Waals surface area contributed by atoms with Crippen molar-refractivity contribution in [1.29, 1.82) is 0 Å². The van der Waals surface area contributed by atoms with Gasteiger partial charge in [-0.3, -0.25) is 9.78 Å². The largest absolute Gasteiger partial charge is 0.382 e. The van der Waals surface area contributed by atoms with Gasteiger partial charge in [-0.25, -0.2) is 4.98 Å². The number of aromatic amines is 1. The Morgan fingerprint density at radius 1 is 1.23 bits per heavy atom. The van der Waals surface area contributed by atoms with Gasteiger partial charge < -0.3 is 5.73 Å². The Kier molecular flexibility index (Phi) is 2.82. The number of pyridine rings is 1. The molecule has 0 spiro atoms. The van der Waals surface area contributed by atoms with E-state index in [4.69, 9.17) is 5.73 Å². The SMILES string of the molecule is CCCn1cc2c(n1)c(N)nc1cc(-c3ccn[nH]3)ccc12. The van der Waals surface area contributed by atoms with Crippen LogP contribution in [0.15, 0.2) is 36.7 Å². The van der Waals surface area contributed by atoms with Crippen molar-refractivity contribution in [2.45, 2.75) is 19.9 Å². The maximum absolute atomic E-state index is 6.09. The van der Waals surface area contributed by atoms with Crippen LogP contribution in [-0.2, 0) is 6.54 Å². The third-order valence-electron chi connectivity index (χ3n) is 3.80. The van der Waals surface area contributed by atoms with Gasteiger partial charge in [-0.15, -0.1) is 0 Å². The molecule has 3 aromatic heterocycles. The molecule has 4 aromatic rings. The number of aryl methyl sites for hydroxylation is 1. The van der Waals surface area contributed by atoms with Crippen molar-refractivity contribution >= 4 is 27.6 Å². The molecule has 0 aliphatic rings. The average molecular weight is 292 g/mol. The molecule has 0 fully saturated rings. The number of nitrogens with one attached hydrogen (secondary N) is 1. The lowest BCUT2D eigenvalue weighted by Gasteiger charge is -2.03. The van der Waals surface area contributed by atoms with Gasteiger partial charge >= 0.3 is 0 Å². The summed E-state index contributed by atoms with van der Waals surface area (Å²) >= 11 is 0. The maximum Gasteiger partial charge on any atom is 0.152 e. The van der Waals surface area contributed by atoms with Gasteiger partial charge in [0.2, 0.25) is 0 Å². The van der Waals surface area contributed by atoms with Crippen LogP contribution < -0.4 is 5.73 Å². The van der Waals surface area contributed by atoms with E-state index in [1.54, 1.807) is 6.20 Å². The summed E-state index contributed by atoms with van der Waals surface area (Å²) in [6.45, 7) is 3.00. The van der Waals surface area contributed by atoms with Gasteiger partial charge in [0.25, 0.3) is 0 Å². The lowest BCUT2D eigenvalue weighted by Crippen LogP contribution is -1.97. The van der Waals surface area contributed by atoms with Crippen LogP contribution in [0.25, 0.3) is 33.1 Å². The highest BCUT2D eigenvalue weighted by Crippen LogP contribution is 2.29. The standard InChI is InChI=1S/C16H16N6/c1-2-7-22-9-12-11-4-3-10(13-5-6-18-20-13)8-14(11)19-16(17)15(12)21-22/h3-6,8-9H,2,7H2,1H3,(H2,17,19)(H,18,20).